The largest absolute Gasteiger partial charge is 0.454 e. The smallest absolute Gasteiger partial charge is 0.275 e. The van der Waals surface area contributed by atoms with Crippen LogP contribution in [0.4, 0.5) is 0 Å². The van der Waals surface area contributed by atoms with Gasteiger partial charge in [0, 0.05) is 5.25 Å². The minimum atomic E-state index is -0.175. The van der Waals surface area contributed by atoms with Crippen LogP contribution in [-0.4, -0.2) is 23.1 Å². The Morgan fingerprint density at radius 1 is 1.35 bits per heavy atom. The third-order valence-corrected chi connectivity index (χ3v) is 3.61. The molecule has 6 heteroatoms. The Hall–Kier alpha value is -1.95. The number of ether oxygens (including phenoxy) is 2. The zero-order valence-corrected chi connectivity index (χ0v) is 12.0. The van der Waals surface area contributed by atoms with Gasteiger partial charge in [-0.05, 0) is 23.8 Å². The highest BCUT2D eigenvalue weighted by atomic mass is 32.2. The Morgan fingerprint density at radius 3 is 2.95 bits per heavy atom. The third-order valence-electron chi connectivity index (χ3n) is 2.72. The fourth-order valence-electron chi connectivity index (χ4n) is 1.89. The van der Waals surface area contributed by atoms with Gasteiger partial charge in [-0.15, -0.1) is 0 Å². The standard InChI is InChI=1S/C14H14N2O3S/c1-8(2)20-14-15-10(13(17)16-14)5-9-3-4-11-12(6-9)19-7-18-11/h3-6,8H,7H2,1-2H3,(H,15,16,17)/b10-5+. The molecule has 0 spiro atoms. The predicted octanol–water partition coefficient (Wildman–Crippen LogP) is 2.38. The molecule has 0 unspecified atom stereocenters. The molecule has 1 amide bonds. The minimum absolute atomic E-state index is 0.175. The number of thioether (sulfide) groups is 1. The number of carbonyl (C=O) groups is 1. The van der Waals surface area contributed by atoms with Gasteiger partial charge in [0.25, 0.3) is 5.91 Å². The number of amidine groups is 1. The molecule has 1 aromatic carbocycles. The van der Waals surface area contributed by atoms with Crippen LogP contribution in [0.1, 0.15) is 19.4 Å². The number of carbonyl (C=O) groups excluding carboxylic acids is 1. The van der Waals surface area contributed by atoms with Crippen molar-refractivity contribution in [3.8, 4) is 11.5 Å². The lowest BCUT2D eigenvalue weighted by atomic mass is 10.1. The van der Waals surface area contributed by atoms with Crippen molar-refractivity contribution in [3.05, 3.63) is 29.5 Å². The molecule has 0 fully saturated rings. The number of rotatable bonds is 2. The Labute approximate surface area is 121 Å². The fraction of sp³-hybridized carbons (Fsp3) is 0.286. The monoisotopic (exact) mass is 290 g/mol. The molecule has 1 aromatic rings. The number of nitrogens with one attached hydrogen (secondary N) is 1. The zero-order chi connectivity index (χ0) is 14.1. The number of amides is 1. The molecule has 104 valence electrons. The SMILES string of the molecule is CC(C)SC1=N/C(=C/c2ccc3c(c2)OCO3)C(=O)N1. The molecule has 1 N–H and O–H groups in total. The van der Waals surface area contributed by atoms with Crippen molar-refractivity contribution < 1.29 is 14.3 Å². The van der Waals surface area contributed by atoms with E-state index in [-0.39, 0.29) is 12.7 Å². The van der Waals surface area contributed by atoms with Crippen LogP contribution in [0, 0.1) is 0 Å². The molecule has 2 aliphatic heterocycles. The molecule has 2 aliphatic rings. The van der Waals surface area contributed by atoms with Crippen molar-refractivity contribution in [1.29, 1.82) is 0 Å². The molecule has 5 nitrogen and oxygen atoms in total. The van der Waals surface area contributed by atoms with Crippen molar-refractivity contribution in [2.24, 2.45) is 4.99 Å². The highest BCUT2D eigenvalue weighted by molar-refractivity contribution is 8.14. The first-order valence-corrected chi connectivity index (χ1v) is 7.18. The molecule has 0 saturated heterocycles. The number of hydrogen-bond donors (Lipinski definition) is 1. The molecule has 0 saturated carbocycles. The third kappa shape index (κ3) is 2.65. The van der Waals surface area contributed by atoms with E-state index in [4.69, 9.17) is 9.47 Å². The molecular formula is C14H14N2O3S. The summed E-state index contributed by atoms with van der Waals surface area (Å²) in [4.78, 5) is 16.1. The number of fused-ring (bicyclic) bond motifs is 1. The highest BCUT2D eigenvalue weighted by Crippen LogP contribution is 2.33. The van der Waals surface area contributed by atoms with E-state index in [2.05, 4.69) is 24.2 Å². The zero-order valence-electron chi connectivity index (χ0n) is 11.2. The van der Waals surface area contributed by atoms with E-state index in [9.17, 15) is 4.79 Å². The van der Waals surface area contributed by atoms with E-state index in [1.165, 1.54) is 11.8 Å². The number of aliphatic imine (C=N–C) groups is 1. The summed E-state index contributed by atoms with van der Waals surface area (Å²) in [5.74, 6) is 1.24. The molecule has 2 heterocycles. The van der Waals surface area contributed by atoms with Crippen molar-refractivity contribution in [3.63, 3.8) is 0 Å². The molecular weight excluding hydrogens is 276 g/mol. The van der Waals surface area contributed by atoms with Crippen molar-refractivity contribution in [2.45, 2.75) is 19.1 Å². The molecule has 0 radical (unpaired) electrons. The molecule has 20 heavy (non-hydrogen) atoms. The van der Waals surface area contributed by atoms with Crippen LogP contribution in [0.15, 0.2) is 28.9 Å². The van der Waals surface area contributed by atoms with Crippen LogP contribution in [0.25, 0.3) is 6.08 Å². The lowest BCUT2D eigenvalue weighted by molar-refractivity contribution is -0.115. The van der Waals surface area contributed by atoms with Crippen LogP contribution in [0.5, 0.6) is 11.5 Å². The number of benzene rings is 1. The van der Waals surface area contributed by atoms with E-state index in [1.54, 1.807) is 6.08 Å². The van der Waals surface area contributed by atoms with Gasteiger partial charge in [0.05, 0.1) is 0 Å². The summed E-state index contributed by atoms with van der Waals surface area (Å²) in [6.07, 6.45) is 1.74. The second kappa shape index (κ2) is 5.20. The lowest BCUT2D eigenvalue weighted by Crippen LogP contribution is -2.22. The van der Waals surface area contributed by atoms with E-state index in [0.717, 1.165) is 11.3 Å². The first-order valence-electron chi connectivity index (χ1n) is 6.30. The maximum atomic E-state index is 11.8. The summed E-state index contributed by atoms with van der Waals surface area (Å²) in [5.41, 5.74) is 1.27. The molecule has 0 aromatic heterocycles. The first-order chi connectivity index (χ1) is 9.61. The van der Waals surface area contributed by atoms with Gasteiger partial charge >= 0.3 is 0 Å². The average Bonchev–Trinajstić information content (AvgIpc) is 2.96. The summed E-state index contributed by atoms with van der Waals surface area (Å²) >= 11 is 1.53. The topological polar surface area (TPSA) is 59.9 Å². The second-order valence-corrected chi connectivity index (χ2v) is 6.25. The van der Waals surface area contributed by atoms with Gasteiger partial charge in [-0.3, -0.25) is 10.1 Å². The first kappa shape index (κ1) is 13.1. The van der Waals surface area contributed by atoms with Crippen molar-refractivity contribution >= 4 is 28.9 Å². The Balaban J connectivity index is 1.84. The Morgan fingerprint density at radius 2 is 2.15 bits per heavy atom. The maximum Gasteiger partial charge on any atom is 0.275 e. The Bertz CT molecular complexity index is 623. The normalized spacial score (nSPS) is 18.6. The minimum Gasteiger partial charge on any atom is -0.454 e. The Kier molecular flexibility index (Phi) is 3.40. The van der Waals surface area contributed by atoms with Gasteiger partial charge in [0.1, 0.15) is 5.70 Å². The summed E-state index contributed by atoms with van der Waals surface area (Å²) in [5, 5.41) is 3.78. The van der Waals surface area contributed by atoms with Crippen LogP contribution < -0.4 is 14.8 Å². The molecule has 3 rings (SSSR count). The molecule has 0 bridgehead atoms. The van der Waals surface area contributed by atoms with Gasteiger partial charge in [-0.25, -0.2) is 4.99 Å². The maximum absolute atomic E-state index is 11.8. The second-order valence-electron chi connectivity index (χ2n) is 4.68. The summed E-state index contributed by atoms with van der Waals surface area (Å²) < 4.78 is 10.6. The van der Waals surface area contributed by atoms with Gasteiger partial charge < -0.3 is 9.47 Å². The fourth-order valence-corrected chi connectivity index (χ4v) is 2.64. The van der Waals surface area contributed by atoms with Gasteiger partial charge in [-0.2, -0.15) is 0 Å². The van der Waals surface area contributed by atoms with E-state index < -0.39 is 0 Å². The number of nitrogens with zero attached hydrogens (tertiary/aromatic N) is 1. The predicted molar refractivity (Wildman–Crippen MR) is 78.8 cm³/mol. The summed E-state index contributed by atoms with van der Waals surface area (Å²) in [6, 6.07) is 5.54. The van der Waals surface area contributed by atoms with E-state index in [0.29, 0.717) is 21.9 Å². The van der Waals surface area contributed by atoms with Gasteiger partial charge in [-0.1, -0.05) is 31.7 Å². The summed E-state index contributed by atoms with van der Waals surface area (Å²) in [7, 11) is 0. The van der Waals surface area contributed by atoms with E-state index in [1.807, 2.05) is 18.2 Å². The average molecular weight is 290 g/mol. The van der Waals surface area contributed by atoms with Crippen LogP contribution in [0.2, 0.25) is 0 Å². The highest BCUT2D eigenvalue weighted by Gasteiger charge is 2.21. The van der Waals surface area contributed by atoms with E-state index >= 15 is 0 Å². The van der Waals surface area contributed by atoms with Crippen molar-refractivity contribution in [2.75, 3.05) is 6.79 Å². The molecule has 0 aliphatic carbocycles. The van der Waals surface area contributed by atoms with Gasteiger partial charge in [0.15, 0.2) is 16.7 Å². The van der Waals surface area contributed by atoms with Crippen LogP contribution >= 0.6 is 11.8 Å². The van der Waals surface area contributed by atoms with Crippen LogP contribution in [-0.2, 0) is 4.79 Å². The summed E-state index contributed by atoms with van der Waals surface area (Å²) in [6.45, 7) is 4.35. The van der Waals surface area contributed by atoms with Crippen molar-refractivity contribution in [1.82, 2.24) is 5.32 Å². The van der Waals surface area contributed by atoms with Gasteiger partial charge in [0.2, 0.25) is 6.79 Å². The number of hydrogen-bond acceptors (Lipinski definition) is 5. The molecule has 0 atom stereocenters. The quantitative estimate of drug-likeness (QED) is 0.850. The lowest BCUT2D eigenvalue weighted by Gasteiger charge is -2.01. The van der Waals surface area contributed by atoms with Crippen LogP contribution in [0.3, 0.4) is 0 Å².